The number of imidazole rings is 1. The number of ketones is 1. The van der Waals surface area contributed by atoms with E-state index in [0.717, 1.165) is 17.0 Å². The van der Waals surface area contributed by atoms with Crippen molar-refractivity contribution < 1.29 is 4.79 Å². The summed E-state index contributed by atoms with van der Waals surface area (Å²) < 4.78 is 3.50. The summed E-state index contributed by atoms with van der Waals surface area (Å²) in [5, 5.41) is 11.4. The summed E-state index contributed by atoms with van der Waals surface area (Å²) in [5.74, 6) is -0.348. The van der Waals surface area contributed by atoms with Gasteiger partial charge in [0.05, 0.1) is 47.8 Å². The molecule has 8 nitrogen and oxygen atoms in total. The third-order valence-electron chi connectivity index (χ3n) is 4.39. The predicted molar refractivity (Wildman–Crippen MR) is 91.1 cm³/mol. The van der Waals surface area contributed by atoms with Crippen LogP contribution >= 0.6 is 0 Å². The zero-order valence-electron chi connectivity index (χ0n) is 13.9. The van der Waals surface area contributed by atoms with Crippen LogP contribution in [0.2, 0.25) is 0 Å². The van der Waals surface area contributed by atoms with Crippen molar-refractivity contribution in [3.05, 3.63) is 54.5 Å². The van der Waals surface area contributed by atoms with Crippen LogP contribution in [0.1, 0.15) is 35.2 Å². The molecule has 0 saturated heterocycles. The Balaban J connectivity index is 1.78. The van der Waals surface area contributed by atoms with E-state index in [1.165, 1.54) is 0 Å². The van der Waals surface area contributed by atoms with Gasteiger partial charge in [-0.2, -0.15) is 10.2 Å². The molecule has 8 heteroatoms. The molecular formula is C17H17N7O. The predicted octanol–water partition coefficient (Wildman–Crippen LogP) is 2.23. The highest BCUT2D eigenvalue weighted by Gasteiger charge is 2.28. The smallest absolute Gasteiger partial charge is 0.175 e. The Morgan fingerprint density at radius 1 is 1.32 bits per heavy atom. The molecular weight excluding hydrogens is 318 g/mol. The van der Waals surface area contributed by atoms with Gasteiger partial charge in [0.25, 0.3) is 0 Å². The first-order valence-electron chi connectivity index (χ1n) is 8.03. The maximum absolute atomic E-state index is 13.2. The zero-order valence-corrected chi connectivity index (χ0v) is 13.9. The number of aromatic nitrogens is 7. The number of hydrogen-bond donors (Lipinski definition) is 1. The summed E-state index contributed by atoms with van der Waals surface area (Å²) in [5.41, 5.74) is 3.63. The molecule has 4 heterocycles. The number of rotatable bonds is 5. The fraction of sp³-hybridized carbons (Fsp3) is 0.235. The lowest BCUT2D eigenvalue weighted by molar-refractivity contribution is 0.0959. The maximum atomic E-state index is 13.2. The van der Waals surface area contributed by atoms with Crippen LogP contribution in [0.5, 0.6) is 0 Å². The van der Waals surface area contributed by atoms with Crippen molar-refractivity contribution in [1.82, 2.24) is 34.3 Å². The minimum atomic E-state index is -0.335. The molecule has 0 aliphatic heterocycles. The molecule has 0 amide bonds. The van der Waals surface area contributed by atoms with Gasteiger partial charge in [0, 0.05) is 25.0 Å². The SMILES string of the molecule is CCC(C(=O)c1cnn2cccnc12)c1cn[nH]c1-c1cncn1C. The quantitative estimate of drug-likeness (QED) is 0.564. The van der Waals surface area contributed by atoms with Crippen molar-refractivity contribution in [2.45, 2.75) is 19.3 Å². The molecule has 4 aromatic rings. The fourth-order valence-corrected chi connectivity index (χ4v) is 3.10. The van der Waals surface area contributed by atoms with Gasteiger partial charge < -0.3 is 4.57 Å². The molecule has 0 fully saturated rings. The summed E-state index contributed by atoms with van der Waals surface area (Å²) in [6, 6.07) is 1.78. The largest absolute Gasteiger partial charge is 0.332 e. The van der Waals surface area contributed by atoms with E-state index in [4.69, 9.17) is 0 Å². The van der Waals surface area contributed by atoms with E-state index in [-0.39, 0.29) is 11.7 Å². The summed E-state index contributed by atoms with van der Waals surface area (Å²) in [4.78, 5) is 21.6. The van der Waals surface area contributed by atoms with Crippen LogP contribution in [0.25, 0.3) is 17.0 Å². The molecule has 25 heavy (non-hydrogen) atoms. The monoisotopic (exact) mass is 335 g/mol. The van der Waals surface area contributed by atoms with E-state index < -0.39 is 0 Å². The van der Waals surface area contributed by atoms with Gasteiger partial charge in [-0.15, -0.1) is 0 Å². The van der Waals surface area contributed by atoms with Gasteiger partial charge in [0.15, 0.2) is 11.4 Å². The van der Waals surface area contributed by atoms with Crippen LogP contribution in [0.3, 0.4) is 0 Å². The second-order valence-electron chi connectivity index (χ2n) is 5.86. The highest BCUT2D eigenvalue weighted by molar-refractivity contribution is 6.05. The van der Waals surface area contributed by atoms with Gasteiger partial charge >= 0.3 is 0 Å². The van der Waals surface area contributed by atoms with E-state index in [0.29, 0.717) is 17.6 Å². The minimum Gasteiger partial charge on any atom is -0.332 e. The third-order valence-corrected chi connectivity index (χ3v) is 4.39. The van der Waals surface area contributed by atoms with E-state index in [1.54, 1.807) is 47.9 Å². The van der Waals surface area contributed by atoms with Gasteiger partial charge in [-0.05, 0) is 12.5 Å². The number of H-pyrrole nitrogens is 1. The molecule has 126 valence electrons. The minimum absolute atomic E-state index is 0.0129. The fourth-order valence-electron chi connectivity index (χ4n) is 3.10. The Kier molecular flexibility index (Phi) is 3.64. The molecule has 1 unspecified atom stereocenters. The van der Waals surface area contributed by atoms with Crippen molar-refractivity contribution in [2.24, 2.45) is 7.05 Å². The Bertz CT molecular complexity index is 1040. The lowest BCUT2D eigenvalue weighted by Crippen LogP contribution is -2.13. The van der Waals surface area contributed by atoms with Crippen molar-refractivity contribution >= 4 is 11.4 Å². The molecule has 0 saturated carbocycles. The number of hydrogen-bond acceptors (Lipinski definition) is 5. The number of nitrogens with one attached hydrogen (secondary N) is 1. The van der Waals surface area contributed by atoms with Gasteiger partial charge in [0.1, 0.15) is 0 Å². The van der Waals surface area contributed by atoms with Gasteiger partial charge in [-0.3, -0.25) is 9.89 Å². The Hall–Kier alpha value is -3.29. The summed E-state index contributed by atoms with van der Waals surface area (Å²) >= 11 is 0. The first-order chi connectivity index (χ1) is 12.2. The second-order valence-corrected chi connectivity index (χ2v) is 5.86. The van der Waals surface area contributed by atoms with Crippen molar-refractivity contribution in [3.63, 3.8) is 0 Å². The van der Waals surface area contributed by atoms with Gasteiger partial charge in [-0.25, -0.2) is 14.5 Å². The van der Waals surface area contributed by atoms with Gasteiger partial charge in [-0.1, -0.05) is 6.92 Å². The van der Waals surface area contributed by atoms with Crippen molar-refractivity contribution in [2.75, 3.05) is 0 Å². The number of nitrogens with zero attached hydrogens (tertiary/aromatic N) is 6. The third kappa shape index (κ3) is 2.42. The van der Waals surface area contributed by atoms with E-state index in [1.807, 2.05) is 18.5 Å². The highest BCUT2D eigenvalue weighted by Crippen LogP contribution is 2.32. The molecule has 0 aliphatic carbocycles. The van der Waals surface area contributed by atoms with Crippen molar-refractivity contribution in [3.8, 4) is 11.4 Å². The van der Waals surface area contributed by atoms with Crippen LogP contribution < -0.4 is 0 Å². The molecule has 0 aromatic carbocycles. The van der Waals surface area contributed by atoms with Crippen molar-refractivity contribution in [1.29, 1.82) is 0 Å². The average molecular weight is 335 g/mol. The first kappa shape index (κ1) is 15.3. The Morgan fingerprint density at radius 3 is 2.96 bits per heavy atom. The van der Waals surface area contributed by atoms with Crippen LogP contribution in [-0.2, 0) is 7.05 Å². The normalized spacial score (nSPS) is 12.6. The number of aromatic amines is 1. The van der Waals surface area contributed by atoms with Gasteiger partial charge in [0.2, 0.25) is 0 Å². The number of Topliss-reactive ketones (excluding diaryl/α,β-unsaturated/α-hetero) is 1. The second kappa shape index (κ2) is 5.97. The lowest BCUT2D eigenvalue weighted by atomic mass is 9.89. The highest BCUT2D eigenvalue weighted by atomic mass is 16.1. The standard InChI is InChI=1S/C17H17N7O/c1-3-11(12-7-20-22-15(12)14-9-18-10-23(14)2)16(25)13-8-21-24-6-4-5-19-17(13)24/h4-11H,3H2,1-2H3,(H,20,22). The average Bonchev–Trinajstić information content (AvgIpc) is 3.34. The van der Waals surface area contributed by atoms with E-state index >= 15 is 0 Å². The number of aryl methyl sites for hydroxylation is 1. The summed E-state index contributed by atoms with van der Waals surface area (Å²) in [6.45, 7) is 1.99. The molecule has 4 rings (SSSR count). The van der Waals surface area contributed by atoms with Crippen LogP contribution in [-0.4, -0.2) is 40.1 Å². The zero-order chi connectivity index (χ0) is 17.4. The number of fused-ring (bicyclic) bond motifs is 1. The molecule has 0 spiro atoms. The number of carbonyl (C=O) groups is 1. The summed E-state index contributed by atoms with van der Waals surface area (Å²) in [6.07, 6.45) is 10.9. The molecule has 0 radical (unpaired) electrons. The molecule has 1 N–H and O–H groups in total. The maximum Gasteiger partial charge on any atom is 0.175 e. The van der Waals surface area contributed by atoms with Crippen LogP contribution in [0.15, 0.2) is 43.4 Å². The molecule has 0 bridgehead atoms. The summed E-state index contributed by atoms with van der Waals surface area (Å²) in [7, 11) is 1.91. The number of carbonyl (C=O) groups excluding carboxylic acids is 1. The van der Waals surface area contributed by atoms with E-state index in [2.05, 4.69) is 25.3 Å². The Labute approximate surface area is 143 Å². The van der Waals surface area contributed by atoms with E-state index in [9.17, 15) is 4.79 Å². The van der Waals surface area contributed by atoms with Crippen LogP contribution in [0.4, 0.5) is 0 Å². The topological polar surface area (TPSA) is 93.8 Å². The molecule has 4 aromatic heterocycles. The molecule has 0 aliphatic rings. The van der Waals surface area contributed by atoms with Crippen LogP contribution in [0, 0.1) is 0 Å². The molecule has 1 atom stereocenters. The lowest BCUT2D eigenvalue weighted by Gasteiger charge is -2.13. The first-order valence-corrected chi connectivity index (χ1v) is 8.03. The Morgan fingerprint density at radius 2 is 2.20 bits per heavy atom.